The number of carbonyl (C=O) groups excluding carboxylic acids is 1. The van der Waals surface area contributed by atoms with E-state index in [-0.39, 0.29) is 11.8 Å². The highest BCUT2D eigenvalue weighted by molar-refractivity contribution is 6.27. The summed E-state index contributed by atoms with van der Waals surface area (Å²) < 4.78 is 5.45. The second-order valence-electron chi connectivity index (χ2n) is 4.24. The summed E-state index contributed by atoms with van der Waals surface area (Å²) in [6.45, 7) is 1.48. The summed E-state index contributed by atoms with van der Waals surface area (Å²) in [4.78, 5) is 13.0. The van der Waals surface area contributed by atoms with Crippen molar-refractivity contribution in [1.29, 1.82) is 0 Å². The first-order chi connectivity index (χ1) is 8.20. The third-order valence-corrected chi connectivity index (χ3v) is 3.26. The molecule has 1 aliphatic rings. The number of halogens is 1. The SMILES string of the molecule is CN(CCc1ccc2c(c1)CCO2)C(=O)CCl. The van der Waals surface area contributed by atoms with E-state index in [1.54, 1.807) is 11.9 Å². The molecule has 0 atom stereocenters. The van der Waals surface area contributed by atoms with Crippen molar-refractivity contribution in [2.75, 3.05) is 26.1 Å². The van der Waals surface area contributed by atoms with Crippen LogP contribution in [0.15, 0.2) is 18.2 Å². The number of carbonyl (C=O) groups is 1. The molecule has 1 aromatic carbocycles. The van der Waals surface area contributed by atoms with Gasteiger partial charge in [0.15, 0.2) is 0 Å². The van der Waals surface area contributed by atoms with Gasteiger partial charge in [0.25, 0.3) is 0 Å². The molecule has 0 saturated carbocycles. The number of benzene rings is 1. The quantitative estimate of drug-likeness (QED) is 0.767. The predicted octanol–water partition coefficient (Wildman–Crippen LogP) is 1.86. The van der Waals surface area contributed by atoms with E-state index in [0.717, 1.165) is 25.2 Å². The molecule has 0 aliphatic carbocycles. The molecule has 1 aliphatic heterocycles. The van der Waals surface area contributed by atoms with Crippen LogP contribution in [0, 0.1) is 0 Å². The maximum atomic E-state index is 11.3. The standard InChI is InChI=1S/C13H16ClNO2/c1-15(13(16)9-14)6-4-10-2-3-12-11(8-10)5-7-17-12/h2-3,8H,4-7,9H2,1H3. The van der Waals surface area contributed by atoms with E-state index in [9.17, 15) is 4.79 Å². The Hall–Kier alpha value is -1.22. The Bertz CT molecular complexity index is 420. The fourth-order valence-corrected chi connectivity index (χ4v) is 2.12. The Morgan fingerprint density at radius 1 is 1.53 bits per heavy atom. The lowest BCUT2D eigenvalue weighted by atomic mass is 10.1. The van der Waals surface area contributed by atoms with Crippen LogP contribution in [-0.2, 0) is 17.6 Å². The second kappa shape index (κ2) is 5.41. The number of likely N-dealkylation sites (N-methyl/N-ethyl adjacent to an activating group) is 1. The topological polar surface area (TPSA) is 29.5 Å². The lowest BCUT2D eigenvalue weighted by Gasteiger charge is -2.15. The van der Waals surface area contributed by atoms with Crippen molar-refractivity contribution in [3.63, 3.8) is 0 Å². The zero-order valence-electron chi connectivity index (χ0n) is 9.91. The highest BCUT2D eigenvalue weighted by atomic mass is 35.5. The first kappa shape index (κ1) is 12.2. The van der Waals surface area contributed by atoms with Gasteiger partial charge < -0.3 is 9.64 Å². The van der Waals surface area contributed by atoms with Crippen LogP contribution < -0.4 is 4.74 Å². The van der Waals surface area contributed by atoms with E-state index in [4.69, 9.17) is 16.3 Å². The second-order valence-corrected chi connectivity index (χ2v) is 4.51. The summed E-state index contributed by atoms with van der Waals surface area (Å²) in [6.07, 6.45) is 1.84. The number of nitrogens with zero attached hydrogens (tertiary/aromatic N) is 1. The van der Waals surface area contributed by atoms with Gasteiger partial charge in [-0.3, -0.25) is 4.79 Å². The Morgan fingerprint density at radius 3 is 3.12 bits per heavy atom. The Kier molecular flexibility index (Phi) is 3.89. The van der Waals surface area contributed by atoms with E-state index < -0.39 is 0 Å². The van der Waals surface area contributed by atoms with E-state index in [1.807, 2.05) is 6.07 Å². The van der Waals surface area contributed by atoms with Crippen LogP contribution in [0.1, 0.15) is 11.1 Å². The number of ether oxygens (including phenoxy) is 1. The van der Waals surface area contributed by atoms with Gasteiger partial charge in [-0.1, -0.05) is 12.1 Å². The van der Waals surface area contributed by atoms with Crippen molar-refractivity contribution in [1.82, 2.24) is 4.90 Å². The third kappa shape index (κ3) is 2.91. The highest BCUT2D eigenvalue weighted by Crippen LogP contribution is 2.25. The summed E-state index contributed by atoms with van der Waals surface area (Å²) in [5.74, 6) is 1.02. The number of fused-ring (bicyclic) bond motifs is 1. The summed E-state index contributed by atoms with van der Waals surface area (Å²) in [5.41, 5.74) is 2.51. The largest absolute Gasteiger partial charge is 0.493 e. The van der Waals surface area contributed by atoms with E-state index in [1.165, 1.54) is 11.1 Å². The van der Waals surface area contributed by atoms with E-state index in [2.05, 4.69) is 12.1 Å². The van der Waals surface area contributed by atoms with Crippen LogP contribution in [0.4, 0.5) is 0 Å². The average molecular weight is 254 g/mol. The molecule has 0 saturated heterocycles. The van der Waals surface area contributed by atoms with Gasteiger partial charge in [-0.15, -0.1) is 11.6 Å². The van der Waals surface area contributed by atoms with Crippen LogP contribution in [0.3, 0.4) is 0 Å². The number of hydrogen-bond acceptors (Lipinski definition) is 2. The molecule has 2 rings (SSSR count). The summed E-state index contributed by atoms with van der Waals surface area (Å²) in [7, 11) is 1.78. The van der Waals surface area contributed by atoms with Crippen molar-refractivity contribution in [3.8, 4) is 5.75 Å². The molecule has 0 aromatic heterocycles. The number of amides is 1. The molecule has 1 aromatic rings. The number of rotatable bonds is 4. The number of hydrogen-bond donors (Lipinski definition) is 0. The molecular formula is C13H16ClNO2. The molecule has 0 spiro atoms. The van der Waals surface area contributed by atoms with Gasteiger partial charge >= 0.3 is 0 Å². The monoisotopic (exact) mass is 253 g/mol. The molecule has 0 unspecified atom stereocenters. The van der Waals surface area contributed by atoms with Crippen LogP contribution >= 0.6 is 11.6 Å². The van der Waals surface area contributed by atoms with Gasteiger partial charge in [-0.05, 0) is 23.6 Å². The Labute approximate surface area is 106 Å². The Balaban J connectivity index is 1.93. The van der Waals surface area contributed by atoms with Crippen molar-refractivity contribution in [2.24, 2.45) is 0 Å². The molecule has 0 fully saturated rings. The van der Waals surface area contributed by atoms with Crippen molar-refractivity contribution < 1.29 is 9.53 Å². The Morgan fingerprint density at radius 2 is 2.35 bits per heavy atom. The van der Waals surface area contributed by atoms with Gasteiger partial charge in [-0.25, -0.2) is 0 Å². The van der Waals surface area contributed by atoms with Crippen molar-refractivity contribution >= 4 is 17.5 Å². The van der Waals surface area contributed by atoms with Gasteiger partial charge in [0.05, 0.1) is 6.61 Å². The molecule has 17 heavy (non-hydrogen) atoms. The van der Waals surface area contributed by atoms with Gasteiger partial charge in [0, 0.05) is 20.0 Å². The molecule has 92 valence electrons. The van der Waals surface area contributed by atoms with Crippen LogP contribution in [0.5, 0.6) is 5.75 Å². The van der Waals surface area contributed by atoms with Gasteiger partial charge in [0.2, 0.25) is 5.91 Å². The minimum Gasteiger partial charge on any atom is -0.493 e. The summed E-state index contributed by atoms with van der Waals surface area (Å²) in [6, 6.07) is 6.24. The van der Waals surface area contributed by atoms with E-state index in [0.29, 0.717) is 6.54 Å². The minimum absolute atomic E-state index is 0.0313. The molecule has 0 bridgehead atoms. The van der Waals surface area contributed by atoms with Crippen molar-refractivity contribution in [2.45, 2.75) is 12.8 Å². The molecule has 0 radical (unpaired) electrons. The normalized spacial score (nSPS) is 13.1. The molecule has 4 heteroatoms. The summed E-state index contributed by atoms with van der Waals surface area (Å²) >= 11 is 5.50. The average Bonchev–Trinajstić information content (AvgIpc) is 2.82. The zero-order chi connectivity index (χ0) is 12.3. The molecule has 1 heterocycles. The lowest BCUT2D eigenvalue weighted by molar-refractivity contribution is -0.127. The smallest absolute Gasteiger partial charge is 0.237 e. The van der Waals surface area contributed by atoms with E-state index >= 15 is 0 Å². The molecule has 1 amide bonds. The minimum atomic E-state index is -0.0313. The zero-order valence-corrected chi connectivity index (χ0v) is 10.7. The molecule has 0 N–H and O–H groups in total. The van der Waals surface area contributed by atoms with Crippen LogP contribution in [0.25, 0.3) is 0 Å². The fraction of sp³-hybridized carbons (Fsp3) is 0.462. The predicted molar refractivity (Wildman–Crippen MR) is 67.7 cm³/mol. The summed E-state index contributed by atoms with van der Waals surface area (Å²) in [5, 5.41) is 0. The van der Waals surface area contributed by atoms with Crippen molar-refractivity contribution in [3.05, 3.63) is 29.3 Å². The van der Waals surface area contributed by atoms with Crippen LogP contribution in [0.2, 0.25) is 0 Å². The lowest BCUT2D eigenvalue weighted by Crippen LogP contribution is -2.29. The molecular weight excluding hydrogens is 238 g/mol. The highest BCUT2D eigenvalue weighted by Gasteiger charge is 2.12. The maximum absolute atomic E-state index is 11.3. The van der Waals surface area contributed by atoms with Crippen LogP contribution in [-0.4, -0.2) is 36.9 Å². The van der Waals surface area contributed by atoms with Gasteiger partial charge in [-0.2, -0.15) is 0 Å². The maximum Gasteiger partial charge on any atom is 0.237 e. The molecule has 3 nitrogen and oxygen atoms in total. The first-order valence-corrected chi connectivity index (χ1v) is 6.28. The van der Waals surface area contributed by atoms with Gasteiger partial charge in [0.1, 0.15) is 11.6 Å². The number of alkyl halides is 1. The fourth-order valence-electron chi connectivity index (χ4n) is 1.92. The third-order valence-electron chi connectivity index (χ3n) is 3.03. The first-order valence-electron chi connectivity index (χ1n) is 5.75.